The van der Waals surface area contributed by atoms with Crippen molar-refractivity contribution in [2.24, 2.45) is 5.73 Å². The molecule has 2 aromatic carbocycles. The standard InChI is InChI=1S/C15H14FN3O2/c1-9-7-11(16)5-6-13(9)19-14(20)10-3-2-4-12(8-10)18-15(17)21/h2-8H,1H3,(H,19,20)(H3,17,18,21). The molecule has 0 aliphatic rings. The normalized spacial score (nSPS) is 10.0. The van der Waals surface area contributed by atoms with Crippen LogP contribution in [-0.4, -0.2) is 11.9 Å². The highest BCUT2D eigenvalue weighted by molar-refractivity contribution is 6.05. The van der Waals surface area contributed by atoms with Crippen LogP contribution >= 0.6 is 0 Å². The van der Waals surface area contributed by atoms with Gasteiger partial charge >= 0.3 is 6.03 Å². The molecule has 2 aromatic rings. The number of urea groups is 1. The number of rotatable bonds is 3. The predicted octanol–water partition coefficient (Wildman–Crippen LogP) is 2.88. The molecular weight excluding hydrogens is 273 g/mol. The molecule has 0 atom stereocenters. The molecule has 5 nitrogen and oxygen atoms in total. The van der Waals surface area contributed by atoms with Crippen molar-refractivity contribution in [1.29, 1.82) is 0 Å². The zero-order chi connectivity index (χ0) is 15.4. The van der Waals surface area contributed by atoms with Crippen LogP contribution in [0, 0.1) is 12.7 Å². The quantitative estimate of drug-likeness (QED) is 0.811. The van der Waals surface area contributed by atoms with E-state index in [0.29, 0.717) is 22.5 Å². The molecule has 0 heterocycles. The van der Waals surface area contributed by atoms with Crippen molar-refractivity contribution in [2.75, 3.05) is 10.6 Å². The third-order valence-electron chi connectivity index (χ3n) is 2.83. The number of halogens is 1. The molecule has 0 spiro atoms. The lowest BCUT2D eigenvalue weighted by Crippen LogP contribution is -2.20. The summed E-state index contributed by atoms with van der Waals surface area (Å²) in [6.07, 6.45) is 0. The molecule has 0 unspecified atom stereocenters. The highest BCUT2D eigenvalue weighted by Gasteiger charge is 2.09. The van der Waals surface area contributed by atoms with Crippen molar-refractivity contribution >= 4 is 23.3 Å². The number of amides is 3. The maximum atomic E-state index is 13.0. The van der Waals surface area contributed by atoms with Crippen LogP contribution in [0.4, 0.5) is 20.6 Å². The Morgan fingerprint density at radius 1 is 1.10 bits per heavy atom. The van der Waals surface area contributed by atoms with Gasteiger partial charge < -0.3 is 16.4 Å². The average Bonchev–Trinajstić information content (AvgIpc) is 2.41. The van der Waals surface area contributed by atoms with Crippen LogP contribution in [0.1, 0.15) is 15.9 Å². The lowest BCUT2D eigenvalue weighted by Gasteiger charge is -2.09. The maximum Gasteiger partial charge on any atom is 0.316 e. The van der Waals surface area contributed by atoms with E-state index in [0.717, 1.165) is 0 Å². The smallest absolute Gasteiger partial charge is 0.316 e. The summed E-state index contributed by atoms with van der Waals surface area (Å²) < 4.78 is 13.0. The van der Waals surface area contributed by atoms with Crippen LogP contribution in [0.2, 0.25) is 0 Å². The van der Waals surface area contributed by atoms with E-state index in [-0.39, 0.29) is 11.7 Å². The van der Waals surface area contributed by atoms with E-state index in [1.165, 1.54) is 24.3 Å². The third-order valence-corrected chi connectivity index (χ3v) is 2.83. The van der Waals surface area contributed by atoms with Gasteiger partial charge in [0.05, 0.1) is 0 Å². The van der Waals surface area contributed by atoms with Crippen LogP contribution in [-0.2, 0) is 0 Å². The Kier molecular flexibility index (Phi) is 4.18. The molecule has 0 aromatic heterocycles. The number of nitrogens with two attached hydrogens (primary N) is 1. The number of anilines is 2. The second-order valence-corrected chi connectivity index (χ2v) is 4.48. The van der Waals surface area contributed by atoms with Gasteiger partial charge in [-0.3, -0.25) is 4.79 Å². The first kappa shape index (κ1) is 14.5. The summed E-state index contributed by atoms with van der Waals surface area (Å²) in [6.45, 7) is 1.70. The van der Waals surface area contributed by atoms with Gasteiger partial charge in [0.2, 0.25) is 0 Å². The molecule has 2 rings (SSSR count). The lowest BCUT2D eigenvalue weighted by molar-refractivity contribution is 0.102. The van der Waals surface area contributed by atoms with Gasteiger partial charge in [-0.15, -0.1) is 0 Å². The number of nitrogens with one attached hydrogen (secondary N) is 2. The summed E-state index contributed by atoms with van der Waals surface area (Å²) >= 11 is 0. The minimum Gasteiger partial charge on any atom is -0.351 e. The predicted molar refractivity (Wildman–Crippen MR) is 78.7 cm³/mol. The average molecular weight is 287 g/mol. The number of hydrogen-bond acceptors (Lipinski definition) is 2. The van der Waals surface area contributed by atoms with E-state index < -0.39 is 6.03 Å². The molecule has 6 heteroatoms. The fourth-order valence-corrected chi connectivity index (χ4v) is 1.84. The molecule has 3 amide bonds. The molecule has 0 saturated carbocycles. The first-order valence-corrected chi connectivity index (χ1v) is 6.20. The minimum atomic E-state index is -0.707. The summed E-state index contributed by atoms with van der Waals surface area (Å²) in [7, 11) is 0. The summed E-state index contributed by atoms with van der Waals surface area (Å²) in [4.78, 5) is 22.9. The summed E-state index contributed by atoms with van der Waals surface area (Å²) in [5.41, 5.74) is 6.94. The Hall–Kier alpha value is -2.89. The Morgan fingerprint density at radius 3 is 2.52 bits per heavy atom. The SMILES string of the molecule is Cc1cc(F)ccc1NC(=O)c1cccc(NC(N)=O)c1. The molecule has 0 fully saturated rings. The fraction of sp³-hybridized carbons (Fsp3) is 0.0667. The Bertz CT molecular complexity index is 701. The number of primary amides is 1. The van der Waals surface area contributed by atoms with Gasteiger partial charge in [0.1, 0.15) is 5.82 Å². The molecule has 0 aliphatic carbocycles. The molecule has 4 N–H and O–H groups in total. The largest absolute Gasteiger partial charge is 0.351 e. The number of carbonyl (C=O) groups is 2. The molecule has 108 valence electrons. The number of carbonyl (C=O) groups excluding carboxylic acids is 2. The van der Waals surface area contributed by atoms with E-state index >= 15 is 0 Å². The van der Waals surface area contributed by atoms with Crippen molar-refractivity contribution in [2.45, 2.75) is 6.92 Å². The number of hydrogen-bond donors (Lipinski definition) is 3. The zero-order valence-electron chi connectivity index (χ0n) is 11.3. The summed E-state index contributed by atoms with van der Waals surface area (Å²) in [5.74, 6) is -0.726. The van der Waals surface area contributed by atoms with Crippen molar-refractivity contribution in [3.63, 3.8) is 0 Å². The summed E-state index contributed by atoms with van der Waals surface area (Å²) in [6, 6.07) is 9.73. The zero-order valence-corrected chi connectivity index (χ0v) is 11.3. The van der Waals surface area contributed by atoms with Gasteiger partial charge in [-0.25, -0.2) is 9.18 Å². The minimum absolute atomic E-state index is 0.352. The Morgan fingerprint density at radius 2 is 1.86 bits per heavy atom. The van der Waals surface area contributed by atoms with E-state index in [2.05, 4.69) is 10.6 Å². The second-order valence-electron chi connectivity index (χ2n) is 4.48. The molecule has 0 aliphatic heterocycles. The molecular formula is C15H14FN3O2. The van der Waals surface area contributed by atoms with E-state index in [4.69, 9.17) is 5.73 Å². The topological polar surface area (TPSA) is 84.2 Å². The van der Waals surface area contributed by atoms with Gasteiger partial charge in [-0.1, -0.05) is 6.07 Å². The molecule has 0 saturated heterocycles. The van der Waals surface area contributed by atoms with Gasteiger partial charge in [0, 0.05) is 16.9 Å². The van der Waals surface area contributed by atoms with Crippen LogP contribution in [0.5, 0.6) is 0 Å². The van der Waals surface area contributed by atoms with Crippen molar-refractivity contribution < 1.29 is 14.0 Å². The first-order valence-electron chi connectivity index (χ1n) is 6.20. The van der Waals surface area contributed by atoms with Crippen LogP contribution in [0.3, 0.4) is 0 Å². The van der Waals surface area contributed by atoms with Crippen molar-refractivity contribution in [1.82, 2.24) is 0 Å². The van der Waals surface area contributed by atoms with Gasteiger partial charge in [-0.2, -0.15) is 0 Å². The number of benzene rings is 2. The third kappa shape index (κ3) is 3.79. The van der Waals surface area contributed by atoms with E-state index in [1.807, 2.05) is 0 Å². The first-order chi connectivity index (χ1) is 9.95. The molecule has 21 heavy (non-hydrogen) atoms. The highest BCUT2D eigenvalue weighted by Crippen LogP contribution is 2.18. The Labute approximate surface area is 121 Å². The second kappa shape index (κ2) is 6.04. The van der Waals surface area contributed by atoms with Crippen LogP contribution < -0.4 is 16.4 Å². The molecule has 0 radical (unpaired) electrons. The van der Waals surface area contributed by atoms with Gasteiger partial charge in [-0.05, 0) is 48.9 Å². The Balaban J connectivity index is 2.18. The highest BCUT2D eigenvalue weighted by atomic mass is 19.1. The van der Waals surface area contributed by atoms with E-state index in [1.54, 1.807) is 25.1 Å². The van der Waals surface area contributed by atoms with Gasteiger partial charge in [0.15, 0.2) is 0 Å². The lowest BCUT2D eigenvalue weighted by atomic mass is 10.1. The fourth-order valence-electron chi connectivity index (χ4n) is 1.84. The van der Waals surface area contributed by atoms with Crippen LogP contribution in [0.25, 0.3) is 0 Å². The van der Waals surface area contributed by atoms with Gasteiger partial charge in [0.25, 0.3) is 5.91 Å². The summed E-state index contributed by atoms with van der Waals surface area (Å²) in [5, 5.41) is 5.08. The van der Waals surface area contributed by atoms with E-state index in [9.17, 15) is 14.0 Å². The number of aryl methyl sites for hydroxylation is 1. The molecule has 0 bridgehead atoms. The van der Waals surface area contributed by atoms with Crippen LogP contribution in [0.15, 0.2) is 42.5 Å². The van der Waals surface area contributed by atoms with Crippen molar-refractivity contribution in [3.05, 3.63) is 59.4 Å². The monoisotopic (exact) mass is 287 g/mol. The maximum absolute atomic E-state index is 13.0. The van der Waals surface area contributed by atoms with Crippen molar-refractivity contribution in [3.8, 4) is 0 Å².